The largest absolute Gasteiger partial charge is 0.493 e. The van der Waals surface area contributed by atoms with Crippen molar-refractivity contribution in [3.8, 4) is 11.5 Å². The van der Waals surface area contributed by atoms with Crippen molar-refractivity contribution >= 4 is 5.96 Å². The van der Waals surface area contributed by atoms with Gasteiger partial charge in [-0.15, -0.1) is 0 Å². The van der Waals surface area contributed by atoms with E-state index in [-0.39, 0.29) is 0 Å². The molecule has 142 valence electrons. The van der Waals surface area contributed by atoms with Crippen molar-refractivity contribution in [3.05, 3.63) is 23.8 Å². The molecule has 0 unspecified atom stereocenters. The van der Waals surface area contributed by atoms with Gasteiger partial charge in [0.1, 0.15) is 0 Å². The summed E-state index contributed by atoms with van der Waals surface area (Å²) < 4.78 is 15.7. The Morgan fingerprint density at radius 3 is 2.40 bits per heavy atom. The minimum atomic E-state index is 0.745. The van der Waals surface area contributed by atoms with E-state index in [1.165, 1.54) is 5.56 Å². The van der Waals surface area contributed by atoms with Crippen LogP contribution in [0.3, 0.4) is 0 Å². The average Bonchev–Trinajstić information content (AvgIpc) is 2.64. The van der Waals surface area contributed by atoms with Crippen LogP contribution in [-0.4, -0.2) is 79.1 Å². The molecule has 0 heterocycles. The lowest BCUT2D eigenvalue weighted by Crippen LogP contribution is -2.42. The van der Waals surface area contributed by atoms with Crippen LogP contribution in [-0.2, 0) is 11.2 Å². The maximum absolute atomic E-state index is 5.33. The highest BCUT2D eigenvalue weighted by molar-refractivity contribution is 5.79. The van der Waals surface area contributed by atoms with E-state index in [0.717, 1.165) is 56.7 Å². The van der Waals surface area contributed by atoms with E-state index in [0.29, 0.717) is 0 Å². The molecule has 7 heteroatoms. The molecular weight excluding hydrogens is 320 g/mol. The Hall–Kier alpha value is -1.99. The molecule has 0 radical (unpaired) electrons. The third-order valence-corrected chi connectivity index (χ3v) is 3.84. The number of likely N-dealkylation sites (N-methyl/N-ethyl adjacent to an activating group) is 1. The standard InChI is InChI=1S/C18H32N4O3/c1-19-18(21-10-11-22(2)12-13-23-3)20-9-8-15-6-7-16(24-4)17(14-15)25-5/h6-7,14H,8-13H2,1-5H3,(H2,19,20,21). The molecule has 0 fully saturated rings. The molecule has 1 aromatic rings. The van der Waals surface area contributed by atoms with Gasteiger partial charge in [-0.05, 0) is 31.2 Å². The van der Waals surface area contributed by atoms with Crippen molar-refractivity contribution < 1.29 is 14.2 Å². The van der Waals surface area contributed by atoms with E-state index in [4.69, 9.17) is 14.2 Å². The second kappa shape index (κ2) is 12.4. The first-order valence-corrected chi connectivity index (χ1v) is 8.47. The zero-order valence-electron chi connectivity index (χ0n) is 16.1. The summed E-state index contributed by atoms with van der Waals surface area (Å²) in [6, 6.07) is 5.97. The summed E-state index contributed by atoms with van der Waals surface area (Å²) in [5, 5.41) is 6.64. The number of nitrogens with zero attached hydrogens (tertiary/aromatic N) is 2. The highest BCUT2D eigenvalue weighted by atomic mass is 16.5. The smallest absolute Gasteiger partial charge is 0.191 e. The van der Waals surface area contributed by atoms with Crippen LogP contribution in [0.2, 0.25) is 0 Å². The summed E-state index contributed by atoms with van der Waals surface area (Å²) in [5.74, 6) is 2.30. The zero-order valence-corrected chi connectivity index (χ0v) is 16.1. The molecule has 1 rings (SSSR count). The highest BCUT2D eigenvalue weighted by Crippen LogP contribution is 2.27. The number of rotatable bonds is 11. The van der Waals surface area contributed by atoms with Gasteiger partial charge in [0.25, 0.3) is 0 Å². The summed E-state index contributed by atoms with van der Waals surface area (Å²) in [4.78, 5) is 6.46. The lowest BCUT2D eigenvalue weighted by molar-refractivity contribution is 0.162. The van der Waals surface area contributed by atoms with Crippen LogP contribution in [0.25, 0.3) is 0 Å². The Morgan fingerprint density at radius 2 is 1.76 bits per heavy atom. The number of hydrogen-bond acceptors (Lipinski definition) is 5. The number of nitrogens with one attached hydrogen (secondary N) is 2. The summed E-state index contributed by atoms with van der Waals surface area (Å²) in [6.07, 6.45) is 0.870. The summed E-state index contributed by atoms with van der Waals surface area (Å²) in [7, 11) is 8.86. The van der Waals surface area contributed by atoms with Crippen LogP contribution in [0.15, 0.2) is 23.2 Å². The van der Waals surface area contributed by atoms with Gasteiger partial charge in [-0.2, -0.15) is 0 Å². The molecule has 0 aromatic heterocycles. The Kier molecular flexibility index (Phi) is 10.4. The molecule has 0 atom stereocenters. The van der Waals surface area contributed by atoms with Crippen LogP contribution < -0.4 is 20.1 Å². The minimum absolute atomic E-state index is 0.745. The van der Waals surface area contributed by atoms with Gasteiger partial charge in [-0.25, -0.2) is 0 Å². The van der Waals surface area contributed by atoms with Gasteiger partial charge in [-0.1, -0.05) is 6.07 Å². The third kappa shape index (κ3) is 8.09. The molecule has 2 N–H and O–H groups in total. The monoisotopic (exact) mass is 352 g/mol. The fourth-order valence-corrected chi connectivity index (χ4v) is 2.31. The molecule has 0 spiro atoms. The molecule has 0 saturated heterocycles. The van der Waals surface area contributed by atoms with Crippen LogP contribution in [0.1, 0.15) is 5.56 Å². The number of methoxy groups -OCH3 is 3. The highest BCUT2D eigenvalue weighted by Gasteiger charge is 2.05. The molecule has 7 nitrogen and oxygen atoms in total. The predicted octanol–water partition coefficient (Wildman–Crippen LogP) is 0.990. The lowest BCUT2D eigenvalue weighted by atomic mass is 10.1. The van der Waals surface area contributed by atoms with Crippen LogP contribution >= 0.6 is 0 Å². The second-order valence-corrected chi connectivity index (χ2v) is 5.66. The van der Waals surface area contributed by atoms with E-state index in [1.807, 2.05) is 18.2 Å². The molecule has 25 heavy (non-hydrogen) atoms. The van der Waals surface area contributed by atoms with Gasteiger partial charge in [0.15, 0.2) is 17.5 Å². The van der Waals surface area contributed by atoms with Gasteiger partial charge >= 0.3 is 0 Å². The third-order valence-electron chi connectivity index (χ3n) is 3.84. The number of ether oxygens (including phenoxy) is 3. The molecule has 0 bridgehead atoms. The molecule has 0 aliphatic carbocycles. The van der Waals surface area contributed by atoms with Crippen molar-refractivity contribution in [1.29, 1.82) is 0 Å². The van der Waals surface area contributed by atoms with Gasteiger partial charge < -0.3 is 29.7 Å². The molecule has 1 aromatic carbocycles. The minimum Gasteiger partial charge on any atom is -0.493 e. The number of hydrogen-bond donors (Lipinski definition) is 2. The average molecular weight is 352 g/mol. The first-order valence-electron chi connectivity index (χ1n) is 8.47. The fraction of sp³-hybridized carbons (Fsp3) is 0.611. The first-order chi connectivity index (χ1) is 12.1. The van der Waals surface area contributed by atoms with Crippen molar-refractivity contribution in [2.24, 2.45) is 4.99 Å². The maximum atomic E-state index is 5.33. The Labute approximate surface area is 151 Å². The second-order valence-electron chi connectivity index (χ2n) is 5.66. The first kappa shape index (κ1) is 21.1. The van der Waals surface area contributed by atoms with Crippen LogP contribution in [0.4, 0.5) is 0 Å². The quantitative estimate of drug-likeness (QED) is 0.457. The molecule has 0 aliphatic heterocycles. The van der Waals surface area contributed by atoms with E-state index >= 15 is 0 Å². The topological polar surface area (TPSA) is 67.4 Å². The summed E-state index contributed by atoms with van der Waals surface area (Å²) >= 11 is 0. The number of guanidine groups is 1. The fourth-order valence-electron chi connectivity index (χ4n) is 2.31. The van der Waals surface area contributed by atoms with Gasteiger partial charge in [0, 0.05) is 40.3 Å². The molecular formula is C18H32N4O3. The maximum Gasteiger partial charge on any atom is 0.191 e. The molecule has 0 aliphatic rings. The lowest BCUT2D eigenvalue weighted by Gasteiger charge is -2.18. The van der Waals surface area contributed by atoms with Crippen molar-refractivity contribution in [3.63, 3.8) is 0 Å². The van der Waals surface area contributed by atoms with Gasteiger partial charge in [0.2, 0.25) is 0 Å². The Bertz CT molecular complexity index is 523. The van der Waals surface area contributed by atoms with E-state index in [9.17, 15) is 0 Å². The van der Waals surface area contributed by atoms with Crippen LogP contribution in [0, 0.1) is 0 Å². The zero-order chi connectivity index (χ0) is 18.5. The molecule has 0 amide bonds. The van der Waals surface area contributed by atoms with E-state index in [1.54, 1.807) is 28.4 Å². The van der Waals surface area contributed by atoms with E-state index in [2.05, 4.69) is 27.6 Å². The predicted molar refractivity (Wildman–Crippen MR) is 102 cm³/mol. The Morgan fingerprint density at radius 1 is 1.04 bits per heavy atom. The SMILES string of the molecule is CN=C(NCCc1ccc(OC)c(OC)c1)NCCN(C)CCOC. The number of aliphatic imine (C=N–C) groups is 1. The summed E-state index contributed by atoms with van der Waals surface area (Å²) in [6.45, 7) is 4.21. The van der Waals surface area contributed by atoms with Crippen molar-refractivity contribution in [1.82, 2.24) is 15.5 Å². The van der Waals surface area contributed by atoms with E-state index < -0.39 is 0 Å². The van der Waals surface area contributed by atoms with Crippen LogP contribution in [0.5, 0.6) is 11.5 Å². The number of benzene rings is 1. The summed E-state index contributed by atoms with van der Waals surface area (Å²) in [5.41, 5.74) is 1.18. The Balaban J connectivity index is 2.33. The normalized spacial score (nSPS) is 11.5. The van der Waals surface area contributed by atoms with Gasteiger partial charge in [-0.3, -0.25) is 4.99 Å². The van der Waals surface area contributed by atoms with Gasteiger partial charge in [0.05, 0.1) is 20.8 Å². The molecule has 0 saturated carbocycles. The van der Waals surface area contributed by atoms with Crippen molar-refractivity contribution in [2.75, 3.05) is 68.2 Å². The van der Waals surface area contributed by atoms with Crippen molar-refractivity contribution in [2.45, 2.75) is 6.42 Å².